The maximum atomic E-state index is 13.1. The third kappa shape index (κ3) is 10.0. The molecule has 1 saturated heterocycles. The van der Waals surface area contributed by atoms with Gasteiger partial charge in [-0.25, -0.2) is 4.99 Å². The number of nitrogens with zero attached hydrogens (tertiary/aromatic N) is 4. The third-order valence-electron chi connectivity index (χ3n) is 5.93. The van der Waals surface area contributed by atoms with Crippen LogP contribution in [0.3, 0.4) is 0 Å². The molecule has 0 spiro atoms. The molecular formula is C27H35F3N6O6S2. The Hall–Kier alpha value is -3.01. The first kappa shape index (κ1) is 35.5. The number of halogens is 3. The van der Waals surface area contributed by atoms with Gasteiger partial charge in [-0.05, 0) is 13.8 Å². The summed E-state index contributed by atoms with van der Waals surface area (Å²) in [6, 6.07) is 0. The predicted molar refractivity (Wildman–Crippen MR) is 164 cm³/mol. The lowest BCUT2D eigenvalue weighted by atomic mass is 10.2. The van der Waals surface area contributed by atoms with Crippen LogP contribution in [0.5, 0.6) is 0 Å². The van der Waals surface area contributed by atoms with E-state index in [4.69, 9.17) is 14.2 Å². The van der Waals surface area contributed by atoms with Crippen molar-refractivity contribution >= 4 is 50.8 Å². The summed E-state index contributed by atoms with van der Waals surface area (Å²) in [4.78, 5) is 37.3. The second kappa shape index (κ2) is 15.8. The number of amides is 1. The molecule has 12 nitrogen and oxygen atoms in total. The standard InChI is InChI=1S/C27H35F3N6O6S2/c1-6-9-41-18-11-20(42-19(18)13-37)36-12-17(21-22(36)33-25(34-23(21)38)32-15-35(4)5)8-7-10-40-16-43-44-26(2,3)14-31-24(39)27(28,29)30/h6,12,15,18-20,37H,1,9-11,13-14,16H2,2-5H3,(H,31,39)(H,33,34,38)/t18?,19-,20-/m1/s1. The Kier molecular flexibility index (Phi) is 12.8. The third-order valence-corrected chi connectivity index (χ3v) is 8.90. The molecule has 2 aromatic rings. The van der Waals surface area contributed by atoms with Gasteiger partial charge in [0.1, 0.15) is 24.9 Å². The lowest BCUT2D eigenvalue weighted by Gasteiger charge is -2.23. The van der Waals surface area contributed by atoms with Gasteiger partial charge in [0.25, 0.3) is 5.56 Å². The molecule has 1 aliphatic heterocycles. The van der Waals surface area contributed by atoms with E-state index in [9.17, 15) is 27.9 Å². The summed E-state index contributed by atoms with van der Waals surface area (Å²) >= 11 is 0. The molecule has 0 aliphatic carbocycles. The number of aromatic amines is 1. The first-order valence-electron chi connectivity index (χ1n) is 13.3. The summed E-state index contributed by atoms with van der Waals surface area (Å²) in [6.45, 7) is 6.90. The number of nitrogens with one attached hydrogen (secondary N) is 2. The van der Waals surface area contributed by atoms with Gasteiger partial charge in [-0.15, -0.1) is 6.58 Å². The topological polar surface area (TPSA) is 143 Å². The van der Waals surface area contributed by atoms with Crippen LogP contribution in [0.4, 0.5) is 19.1 Å². The van der Waals surface area contributed by atoms with E-state index in [0.717, 1.165) is 0 Å². The van der Waals surface area contributed by atoms with Crippen LogP contribution in [0.25, 0.3) is 11.0 Å². The minimum absolute atomic E-state index is 0.00595. The summed E-state index contributed by atoms with van der Waals surface area (Å²) in [5.74, 6) is 4.10. The highest BCUT2D eigenvalue weighted by molar-refractivity contribution is 8.77. The average molecular weight is 661 g/mol. The molecule has 44 heavy (non-hydrogen) atoms. The fraction of sp³-hybridized carbons (Fsp3) is 0.556. The molecule has 0 aromatic carbocycles. The molecule has 1 unspecified atom stereocenters. The maximum Gasteiger partial charge on any atom is 0.471 e. The van der Waals surface area contributed by atoms with Crippen LogP contribution in [0.1, 0.15) is 32.1 Å². The van der Waals surface area contributed by atoms with Gasteiger partial charge >= 0.3 is 12.1 Å². The molecule has 0 radical (unpaired) electrons. The van der Waals surface area contributed by atoms with Gasteiger partial charge in [0.2, 0.25) is 5.95 Å². The average Bonchev–Trinajstić information content (AvgIpc) is 3.53. The van der Waals surface area contributed by atoms with E-state index < -0.39 is 40.8 Å². The molecule has 1 amide bonds. The van der Waals surface area contributed by atoms with E-state index >= 15 is 0 Å². The number of ether oxygens (including phenoxy) is 3. The number of hydrogen-bond acceptors (Lipinski definition) is 10. The molecule has 17 heteroatoms. The minimum atomic E-state index is -4.93. The molecule has 3 heterocycles. The second-order valence-corrected chi connectivity index (χ2v) is 13.3. The Morgan fingerprint density at radius 3 is 2.84 bits per heavy atom. The molecule has 0 saturated carbocycles. The van der Waals surface area contributed by atoms with Gasteiger partial charge < -0.3 is 34.1 Å². The van der Waals surface area contributed by atoms with E-state index in [1.807, 2.05) is 5.32 Å². The summed E-state index contributed by atoms with van der Waals surface area (Å²) in [6.07, 6.45) is -1.39. The number of carbonyl (C=O) groups is 1. The van der Waals surface area contributed by atoms with Gasteiger partial charge in [0.15, 0.2) is 5.65 Å². The van der Waals surface area contributed by atoms with Crippen LogP contribution < -0.4 is 10.9 Å². The van der Waals surface area contributed by atoms with Gasteiger partial charge in [-0.1, -0.05) is 39.5 Å². The molecule has 1 aliphatic rings. The van der Waals surface area contributed by atoms with Crippen molar-refractivity contribution in [1.29, 1.82) is 0 Å². The fourth-order valence-corrected chi connectivity index (χ4v) is 6.09. The van der Waals surface area contributed by atoms with Crippen molar-refractivity contribution in [2.24, 2.45) is 4.99 Å². The van der Waals surface area contributed by atoms with Crippen molar-refractivity contribution in [3.63, 3.8) is 0 Å². The number of aliphatic hydroxyl groups is 1. The number of alkyl halides is 3. The zero-order valence-electron chi connectivity index (χ0n) is 24.6. The Morgan fingerprint density at radius 2 is 2.18 bits per heavy atom. The number of aliphatic hydroxyl groups excluding tert-OH is 1. The van der Waals surface area contributed by atoms with Crippen LogP contribution in [-0.2, 0) is 19.0 Å². The van der Waals surface area contributed by atoms with E-state index in [0.29, 0.717) is 17.6 Å². The monoisotopic (exact) mass is 660 g/mol. The molecule has 1 fully saturated rings. The number of carbonyl (C=O) groups excluding carboxylic acids is 1. The van der Waals surface area contributed by atoms with E-state index in [1.54, 1.807) is 49.7 Å². The van der Waals surface area contributed by atoms with Crippen LogP contribution in [0.15, 0.2) is 28.6 Å². The summed E-state index contributed by atoms with van der Waals surface area (Å²) in [7, 11) is 6.08. The number of hydrogen-bond donors (Lipinski definition) is 3. The highest BCUT2D eigenvalue weighted by atomic mass is 33.1. The predicted octanol–water partition coefficient (Wildman–Crippen LogP) is 2.96. The van der Waals surface area contributed by atoms with Crippen molar-refractivity contribution < 1.29 is 37.3 Å². The van der Waals surface area contributed by atoms with E-state index in [-0.39, 0.29) is 43.6 Å². The molecular weight excluding hydrogens is 625 g/mol. The maximum absolute atomic E-state index is 13.1. The van der Waals surface area contributed by atoms with Crippen LogP contribution in [-0.4, -0.2) is 106 Å². The largest absolute Gasteiger partial charge is 0.471 e. The summed E-state index contributed by atoms with van der Waals surface area (Å²) < 4.78 is 55.6. The lowest BCUT2D eigenvalue weighted by molar-refractivity contribution is -0.173. The van der Waals surface area contributed by atoms with Crippen molar-refractivity contribution in [2.45, 2.75) is 49.6 Å². The Labute approximate surface area is 260 Å². The van der Waals surface area contributed by atoms with Crippen LogP contribution in [0, 0.1) is 11.8 Å². The van der Waals surface area contributed by atoms with Gasteiger partial charge in [-0.2, -0.15) is 18.2 Å². The fourth-order valence-electron chi connectivity index (χ4n) is 3.96. The Bertz CT molecular complexity index is 1450. The first-order valence-corrected chi connectivity index (χ1v) is 15.6. The number of H-pyrrole nitrogens is 1. The van der Waals surface area contributed by atoms with Gasteiger partial charge in [-0.3, -0.25) is 14.6 Å². The van der Waals surface area contributed by atoms with E-state index in [1.165, 1.54) is 27.9 Å². The lowest BCUT2D eigenvalue weighted by Crippen LogP contribution is -2.42. The molecule has 3 atom stereocenters. The van der Waals surface area contributed by atoms with Crippen molar-refractivity contribution in [3.05, 3.63) is 34.8 Å². The zero-order chi connectivity index (χ0) is 32.5. The summed E-state index contributed by atoms with van der Waals surface area (Å²) in [5.41, 5.74) is 0.222. The molecule has 242 valence electrons. The van der Waals surface area contributed by atoms with Crippen LogP contribution in [0.2, 0.25) is 0 Å². The molecule has 3 rings (SSSR count). The van der Waals surface area contributed by atoms with Gasteiger partial charge in [0.05, 0.1) is 36.6 Å². The van der Waals surface area contributed by atoms with E-state index in [2.05, 4.69) is 33.4 Å². The van der Waals surface area contributed by atoms with Crippen molar-refractivity contribution in [3.8, 4) is 11.8 Å². The smallest absolute Gasteiger partial charge is 0.394 e. The summed E-state index contributed by atoms with van der Waals surface area (Å²) in [5, 5.41) is 11.9. The minimum Gasteiger partial charge on any atom is -0.394 e. The molecule has 3 N–H and O–H groups in total. The van der Waals surface area contributed by atoms with Gasteiger partial charge in [0, 0.05) is 38.0 Å². The SMILES string of the molecule is C=CCOC1C[C@H](n2cc(C#CCOCSSC(C)(C)CNC(=O)C(F)(F)F)c3c(=O)[nH]c(N=CN(C)C)nc32)O[C@@H]1CO. The highest BCUT2D eigenvalue weighted by Crippen LogP contribution is 2.36. The van der Waals surface area contributed by atoms with Crippen LogP contribution >= 0.6 is 21.6 Å². The number of aromatic nitrogens is 3. The zero-order valence-corrected chi connectivity index (χ0v) is 26.3. The molecule has 0 bridgehead atoms. The normalized spacial score (nSPS) is 18.9. The Balaban J connectivity index is 1.72. The second-order valence-electron chi connectivity index (χ2n) is 10.4. The quantitative estimate of drug-likeness (QED) is 0.0527. The van der Waals surface area contributed by atoms with Crippen molar-refractivity contribution in [1.82, 2.24) is 24.8 Å². The number of rotatable bonds is 14. The highest BCUT2D eigenvalue weighted by Gasteiger charge is 2.39. The number of fused-ring (bicyclic) bond motifs is 1. The number of aliphatic imine (C=N–C) groups is 1. The molecule has 2 aromatic heterocycles. The van der Waals surface area contributed by atoms with Crippen molar-refractivity contribution in [2.75, 3.05) is 46.4 Å². The Morgan fingerprint density at radius 1 is 1.43 bits per heavy atom. The first-order chi connectivity index (χ1) is 20.8.